The summed E-state index contributed by atoms with van der Waals surface area (Å²) < 4.78 is 0. The van der Waals surface area contributed by atoms with Crippen LogP contribution in [-0.2, 0) is 0 Å². The number of hydrogen-bond acceptors (Lipinski definition) is 2. The van der Waals surface area contributed by atoms with Gasteiger partial charge in [0.2, 0.25) is 0 Å². The van der Waals surface area contributed by atoms with E-state index in [0.717, 1.165) is 5.92 Å². The zero-order valence-corrected chi connectivity index (χ0v) is 9.41. The second kappa shape index (κ2) is 4.63. The summed E-state index contributed by atoms with van der Waals surface area (Å²) in [6.45, 7) is 4.76. The SMILES string of the molecule is CC(N)C1CCCCN1CCC1CC1. The summed E-state index contributed by atoms with van der Waals surface area (Å²) in [6, 6.07) is 1.03. The number of nitrogens with zero attached hydrogens (tertiary/aromatic N) is 1. The minimum Gasteiger partial charge on any atom is -0.327 e. The number of nitrogens with two attached hydrogens (primary N) is 1. The maximum absolute atomic E-state index is 6.04. The van der Waals surface area contributed by atoms with Crippen LogP contribution in [0.15, 0.2) is 0 Å². The average molecular weight is 196 g/mol. The highest BCUT2D eigenvalue weighted by atomic mass is 15.2. The highest BCUT2D eigenvalue weighted by Gasteiger charge is 2.27. The summed E-state index contributed by atoms with van der Waals surface area (Å²) in [7, 11) is 0. The Balaban J connectivity index is 1.78. The van der Waals surface area contributed by atoms with E-state index >= 15 is 0 Å². The predicted octanol–water partition coefficient (Wildman–Crippen LogP) is 1.99. The van der Waals surface area contributed by atoms with Crippen molar-refractivity contribution < 1.29 is 0 Å². The second-order valence-corrected chi connectivity index (χ2v) is 5.19. The maximum Gasteiger partial charge on any atom is 0.0244 e. The van der Waals surface area contributed by atoms with Gasteiger partial charge in [0.25, 0.3) is 0 Å². The van der Waals surface area contributed by atoms with Crippen molar-refractivity contribution in [3.63, 3.8) is 0 Å². The number of likely N-dealkylation sites (tertiary alicyclic amines) is 1. The van der Waals surface area contributed by atoms with Gasteiger partial charge in [-0.2, -0.15) is 0 Å². The van der Waals surface area contributed by atoms with E-state index < -0.39 is 0 Å². The van der Waals surface area contributed by atoms with Crippen molar-refractivity contribution in [1.82, 2.24) is 4.90 Å². The molecule has 0 aromatic rings. The smallest absolute Gasteiger partial charge is 0.0244 e. The molecule has 1 saturated carbocycles. The lowest BCUT2D eigenvalue weighted by molar-refractivity contribution is 0.127. The van der Waals surface area contributed by atoms with Crippen molar-refractivity contribution in [3.8, 4) is 0 Å². The molecule has 2 fully saturated rings. The molecule has 14 heavy (non-hydrogen) atoms. The van der Waals surface area contributed by atoms with Gasteiger partial charge in [0, 0.05) is 12.1 Å². The third-order valence-electron chi connectivity index (χ3n) is 3.79. The van der Waals surface area contributed by atoms with Crippen LogP contribution in [0.25, 0.3) is 0 Å². The second-order valence-electron chi connectivity index (χ2n) is 5.19. The molecule has 0 radical (unpaired) electrons. The molecular formula is C12H24N2. The molecule has 2 N–H and O–H groups in total. The third kappa shape index (κ3) is 2.71. The summed E-state index contributed by atoms with van der Waals surface area (Å²) in [5.41, 5.74) is 6.04. The van der Waals surface area contributed by atoms with E-state index in [1.54, 1.807) is 0 Å². The summed E-state index contributed by atoms with van der Waals surface area (Å²) in [5.74, 6) is 1.06. The summed E-state index contributed by atoms with van der Waals surface area (Å²) >= 11 is 0. The normalized spacial score (nSPS) is 31.7. The fraction of sp³-hybridized carbons (Fsp3) is 1.00. The zero-order chi connectivity index (χ0) is 9.97. The first-order valence-electron chi connectivity index (χ1n) is 6.27. The molecule has 1 saturated heterocycles. The van der Waals surface area contributed by atoms with Crippen LogP contribution in [0.4, 0.5) is 0 Å². The van der Waals surface area contributed by atoms with Gasteiger partial charge in [0.15, 0.2) is 0 Å². The van der Waals surface area contributed by atoms with Crippen LogP contribution < -0.4 is 5.73 Å². The Bertz CT molecular complexity index is 175. The summed E-state index contributed by atoms with van der Waals surface area (Å²) in [4.78, 5) is 2.65. The highest BCUT2D eigenvalue weighted by Crippen LogP contribution is 2.33. The van der Waals surface area contributed by atoms with Crippen molar-refractivity contribution >= 4 is 0 Å². The first-order valence-corrected chi connectivity index (χ1v) is 6.27. The molecule has 1 aliphatic carbocycles. The molecular weight excluding hydrogens is 172 g/mol. The van der Waals surface area contributed by atoms with Crippen LogP contribution in [0.5, 0.6) is 0 Å². The van der Waals surface area contributed by atoms with E-state index in [4.69, 9.17) is 5.73 Å². The minimum absolute atomic E-state index is 0.356. The molecule has 2 unspecified atom stereocenters. The van der Waals surface area contributed by atoms with Crippen LogP contribution in [-0.4, -0.2) is 30.1 Å². The monoisotopic (exact) mass is 196 g/mol. The summed E-state index contributed by atoms with van der Waals surface area (Å²) in [6.07, 6.45) is 8.47. The molecule has 2 heteroatoms. The fourth-order valence-corrected chi connectivity index (χ4v) is 2.64. The summed E-state index contributed by atoms with van der Waals surface area (Å²) in [5, 5.41) is 0. The zero-order valence-electron chi connectivity index (χ0n) is 9.41. The minimum atomic E-state index is 0.356. The van der Waals surface area contributed by atoms with E-state index in [9.17, 15) is 0 Å². The van der Waals surface area contributed by atoms with Gasteiger partial charge in [-0.25, -0.2) is 0 Å². The van der Waals surface area contributed by atoms with Crippen molar-refractivity contribution in [2.75, 3.05) is 13.1 Å². The molecule has 2 rings (SSSR count). The van der Waals surface area contributed by atoms with Crippen LogP contribution >= 0.6 is 0 Å². The molecule has 0 bridgehead atoms. The largest absolute Gasteiger partial charge is 0.327 e. The van der Waals surface area contributed by atoms with Crippen molar-refractivity contribution in [3.05, 3.63) is 0 Å². The predicted molar refractivity (Wildman–Crippen MR) is 60.2 cm³/mol. The quantitative estimate of drug-likeness (QED) is 0.745. The Labute approximate surface area is 87.8 Å². The third-order valence-corrected chi connectivity index (χ3v) is 3.79. The molecule has 82 valence electrons. The van der Waals surface area contributed by atoms with Crippen molar-refractivity contribution in [2.24, 2.45) is 11.7 Å². The van der Waals surface area contributed by atoms with Crippen LogP contribution in [0.2, 0.25) is 0 Å². The van der Waals surface area contributed by atoms with E-state index in [0.29, 0.717) is 12.1 Å². The van der Waals surface area contributed by atoms with Gasteiger partial charge in [0.05, 0.1) is 0 Å². The molecule has 1 heterocycles. The van der Waals surface area contributed by atoms with Crippen LogP contribution in [0.3, 0.4) is 0 Å². The lowest BCUT2D eigenvalue weighted by Crippen LogP contribution is -2.49. The topological polar surface area (TPSA) is 29.3 Å². The van der Waals surface area contributed by atoms with Crippen LogP contribution in [0, 0.1) is 5.92 Å². The van der Waals surface area contributed by atoms with Gasteiger partial charge in [-0.15, -0.1) is 0 Å². The Kier molecular flexibility index (Phi) is 3.45. The molecule has 2 nitrogen and oxygen atoms in total. The van der Waals surface area contributed by atoms with Gasteiger partial charge >= 0.3 is 0 Å². The molecule has 1 aliphatic heterocycles. The maximum atomic E-state index is 6.04. The average Bonchev–Trinajstić information content (AvgIpc) is 2.98. The van der Waals surface area contributed by atoms with Crippen molar-refractivity contribution in [1.29, 1.82) is 0 Å². The first kappa shape index (κ1) is 10.4. The van der Waals surface area contributed by atoms with Gasteiger partial charge in [-0.05, 0) is 45.2 Å². The Hall–Kier alpha value is -0.0800. The lowest BCUT2D eigenvalue weighted by atomic mass is 9.96. The highest BCUT2D eigenvalue weighted by molar-refractivity contribution is 4.84. The number of piperidine rings is 1. The van der Waals surface area contributed by atoms with E-state index in [1.807, 2.05) is 0 Å². The Morgan fingerprint density at radius 2 is 2.07 bits per heavy atom. The van der Waals surface area contributed by atoms with Gasteiger partial charge in [-0.1, -0.05) is 19.3 Å². The molecule has 0 aromatic heterocycles. The molecule has 2 atom stereocenters. The number of hydrogen-bond donors (Lipinski definition) is 1. The Morgan fingerprint density at radius 1 is 1.29 bits per heavy atom. The molecule has 2 aliphatic rings. The fourth-order valence-electron chi connectivity index (χ4n) is 2.64. The van der Waals surface area contributed by atoms with Crippen molar-refractivity contribution in [2.45, 2.75) is 57.5 Å². The molecule has 0 spiro atoms. The van der Waals surface area contributed by atoms with Gasteiger partial charge in [0.1, 0.15) is 0 Å². The standard InChI is InChI=1S/C12H24N2/c1-10(13)12-4-2-3-8-14(12)9-7-11-5-6-11/h10-12H,2-9,13H2,1H3. The van der Waals surface area contributed by atoms with E-state index in [-0.39, 0.29) is 0 Å². The molecule has 0 aromatic carbocycles. The van der Waals surface area contributed by atoms with Crippen LogP contribution in [0.1, 0.15) is 45.4 Å². The van der Waals surface area contributed by atoms with E-state index in [1.165, 1.54) is 51.6 Å². The number of rotatable bonds is 4. The molecule has 0 amide bonds. The first-order chi connectivity index (χ1) is 6.77. The van der Waals surface area contributed by atoms with E-state index in [2.05, 4.69) is 11.8 Å². The Morgan fingerprint density at radius 3 is 2.71 bits per heavy atom. The lowest BCUT2D eigenvalue weighted by Gasteiger charge is -2.38. The van der Waals surface area contributed by atoms with Gasteiger partial charge in [-0.3, -0.25) is 4.90 Å². The van der Waals surface area contributed by atoms with Gasteiger partial charge < -0.3 is 5.73 Å².